The summed E-state index contributed by atoms with van der Waals surface area (Å²) in [5, 5.41) is 2.68. The molecule has 0 atom stereocenters. The number of amides is 1. The molecule has 0 bridgehead atoms. The first-order valence-corrected chi connectivity index (χ1v) is 8.97. The van der Waals surface area contributed by atoms with E-state index in [0.717, 1.165) is 17.7 Å². The van der Waals surface area contributed by atoms with Crippen molar-refractivity contribution >= 4 is 23.1 Å². The third-order valence-corrected chi connectivity index (χ3v) is 4.76. The Labute approximate surface area is 164 Å². The van der Waals surface area contributed by atoms with Crippen molar-refractivity contribution in [2.45, 2.75) is 25.6 Å². The highest BCUT2D eigenvalue weighted by Gasteiger charge is 2.32. The number of cyclic esters (lactones) is 1. The normalized spacial score (nSPS) is 17.1. The zero-order chi connectivity index (χ0) is 20.6. The Hall–Kier alpha value is -3.29. The fraction of sp³-hybridized carbons (Fsp3) is 0.238. The summed E-state index contributed by atoms with van der Waals surface area (Å²) in [7, 11) is 0. The predicted octanol–water partition coefficient (Wildman–Crippen LogP) is 4.57. The van der Waals surface area contributed by atoms with Crippen molar-refractivity contribution in [2.75, 3.05) is 11.9 Å². The van der Waals surface area contributed by atoms with E-state index in [1.807, 2.05) is 0 Å². The molecule has 150 valence electrons. The van der Waals surface area contributed by atoms with E-state index >= 15 is 0 Å². The minimum atomic E-state index is -4.47. The number of rotatable bonds is 2. The number of hydrogen-bond acceptors (Lipinski definition) is 4. The smallest absolute Gasteiger partial charge is 0.416 e. The number of ether oxygens (including phenoxy) is 2. The molecule has 0 radical (unpaired) electrons. The molecule has 0 aliphatic carbocycles. The molecule has 0 saturated carbocycles. The van der Waals surface area contributed by atoms with Gasteiger partial charge in [-0.25, -0.2) is 4.79 Å². The molecule has 0 unspecified atom stereocenters. The van der Waals surface area contributed by atoms with Gasteiger partial charge >= 0.3 is 12.1 Å². The van der Waals surface area contributed by atoms with Crippen LogP contribution in [0.5, 0.6) is 5.75 Å². The lowest BCUT2D eigenvalue weighted by Gasteiger charge is -2.13. The van der Waals surface area contributed by atoms with E-state index in [1.54, 1.807) is 18.2 Å². The fourth-order valence-electron chi connectivity index (χ4n) is 3.34. The lowest BCUT2D eigenvalue weighted by atomic mass is 9.99. The van der Waals surface area contributed by atoms with Gasteiger partial charge < -0.3 is 14.8 Å². The Kier molecular flexibility index (Phi) is 4.77. The average Bonchev–Trinajstić information content (AvgIpc) is 2.91. The largest absolute Gasteiger partial charge is 0.493 e. The van der Waals surface area contributed by atoms with E-state index in [-0.39, 0.29) is 19.0 Å². The monoisotopic (exact) mass is 403 g/mol. The maximum Gasteiger partial charge on any atom is 0.416 e. The van der Waals surface area contributed by atoms with Crippen LogP contribution in [0.4, 0.5) is 18.9 Å². The Morgan fingerprint density at radius 3 is 2.69 bits per heavy atom. The highest BCUT2D eigenvalue weighted by molar-refractivity contribution is 6.05. The number of fused-ring (bicyclic) bond motifs is 2. The molecule has 4 rings (SSSR count). The van der Waals surface area contributed by atoms with Gasteiger partial charge in [-0.2, -0.15) is 13.2 Å². The molecule has 5 nitrogen and oxygen atoms in total. The minimum absolute atomic E-state index is 0.108. The molecule has 8 heteroatoms. The average molecular weight is 403 g/mol. The van der Waals surface area contributed by atoms with Crippen LogP contribution in [0.25, 0.3) is 5.57 Å². The van der Waals surface area contributed by atoms with Crippen molar-refractivity contribution in [1.82, 2.24) is 0 Å². The first-order chi connectivity index (χ1) is 13.8. The molecule has 0 saturated heterocycles. The van der Waals surface area contributed by atoms with Crippen molar-refractivity contribution in [3.63, 3.8) is 0 Å². The second kappa shape index (κ2) is 7.27. The summed E-state index contributed by atoms with van der Waals surface area (Å²) >= 11 is 0. The van der Waals surface area contributed by atoms with Crippen LogP contribution in [0.15, 0.2) is 42.5 Å². The van der Waals surface area contributed by atoms with Gasteiger partial charge in [-0.3, -0.25) is 4.79 Å². The summed E-state index contributed by atoms with van der Waals surface area (Å²) in [6, 6.07) is 8.17. The molecule has 1 amide bonds. The number of alkyl halides is 3. The van der Waals surface area contributed by atoms with Gasteiger partial charge in [0.2, 0.25) is 5.91 Å². The van der Waals surface area contributed by atoms with Gasteiger partial charge in [-0.15, -0.1) is 0 Å². The predicted molar refractivity (Wildman–Crippen MR) is 98.3 cm³/mol. The van der Waals surface area contributed by atoms with Crippen LogP contribution >= 0.6 is 0 Å². The van der Waals surface area contributed by atoms with Crippen molar-refractivity contribution in [1.29, 1.82) is 0 Å². The molecule has 2 aromatic carbocycles. The van der Waals surface area contributed by atoms with Crippen LogP contribution < -0.4 is 10.1 Å². The molecule has 2 aromatic rings. The number of allylic oxidation sites excluding steroid dienone is 1. The van der Waals surface area contributed by atoms with Gasteiger partial charge in [0.25, 0.3) is 0 Å². The second-order valence-electron chi connectivity index (χ2n) is 6.77. The first-order valence-electron chi connectivity index (χ1n) is 8.97. The van der Waals surface area contributed by atoms with Crippen molar-refractivity contribution in [3.8, 4) is 5.75 Å². The molecule has 2 aliphatic rings. The van der Waals surface area contributed by atoms with Crippen LogP contribution in [0.1, 0.15) is 39.9 Å². The van der Waals surface area contributed by atoms with Crippen LogP contribution in [-0.4, -0.2) is 18.5 Å². The minimum Gasteiger partial charge on any atom is -0.493 e. The van der Waals surface area contributed by atoms with Crippen LogP contribution in [0.2, 0.25) is 0 Å². The van der Waals surface area contributed by atoms with E-state index in [0.29, 0.717) is 35.2 Å². The third kappa shape index (κ3) is 3.96. The first kappa shape index (κ1) is 19.0. The Bertz CT molecular complexity index is 1030. The number of nitrogens with one attached hydrogen (secondary N) is 1. The van der Waals surface area contributed by atoms with Crippen LogP contribution in [-0.2, 0) is 22.3 Å². The number of benzene rings is 2. The summed E-state index contributed by atoms with van der Waals surface area (Å²) in [5.41, 5.74) is 1.84. The molecule has 29 heavy (non-hydrogen) atoms. The lowest BCUT2D eigenvalue weighted by molar-refractivity contribution is -0.137. The van der Waals surface area contributed by atoms with Gasteiger partial charge in [-0.05, 0) is 42.7 Å². The maximum atomic E-state index is 13.0. The Morgan fingerprint density at radius 2 is 1.90 bits per heavy atom. The van der Waals surface area contributed by atoms with E-state index in [9.17, 15) is 22.8 Å². The number of esters is 1. The quantitative estimate of drug-likeness (QED) is 0.589. The summed E-state index contributed by atoms with van der Waals surface area (Å²) in [4.78, 5) is 24.1. The van der Waals surface area contributed by atoms with Gasteiger partial charge in [0, 0.05) is 22.9 Å². The fourth-order valence-corrected chi connectivity index (χ4v) is 3.34. The van der Waals surface area contributed by atoms with Gasteiger partial charge in [0.1, 0.15) is 12.4 Å². The van der Waals surface area contributed by atoms with Crippen molar-refractivity contribution in [3.05, 3.63) is 64.7 Å². The van der Waals surface area contributed by atoms with Crippen molar-refractivity contribution < 1.29 is 32.2 Å². The summed E-state index contributed by atoms with van der Waals surface area (Å²) in [6.07, 6.45) is -2.06. The molecular formula is C21H16F3NO4. The van der Waals surface area contributed by atoms with Crippen molar-refractivity contribution in [2.24, 2.45) is 0 Å². The van der Waals surface area contributed by atoms with Gasteiger partial charge in [-0.1, -0.05) is 12.1 Å². The zero-order valence-electron chi connectivity index (χ0n) is 15.1. The lowest BCUT2D eigenvalue weighted by Crippen LogP contribution is -2.10. The van der Waals surface area contributed by atoms with E-state index < -0.39 is 23.6 Å². The number of carbonyl (C=O) groups is 2. The molecule has 0 fully saturated rings. The molecule has 1 N–H and O–H groups in total. The highest BCUT2D eigenvalue weighted by atomic mass is 19.4. The van der Waals surface area contributed by atoms with Crippen LogP contribution in [0.3, 0.4) is 0 Å². The zero-order valence-corrected chi connectivity index (χ0v) is 15.1. The molecule has 2 heterocycles. The van der Waals surface area contributed by atoms with Gasteiger partial charge in [0.15, 0.2) is 0 Å². The Balaban J connectivity index is 1.59. The summed E-state index contributed by atoms with van der Waals surface area (Å²) < 4.78 is 49.3. The van der Waals surface area contributed by atoms with E-state index in [4.69, 9.17) is 9.47 Å². The standard InChI is InChI=1S/C21H16F3NO4/c22-21(23,24)14-4-6-16-12(2-1-7-28-18(16)9-14)8-19(26)25-15-5-3-13-11-29-20(27)17(13)10-15/h3-6,8-10H,1-2,7,11H2,(H,25,26). The highest BCUT2D eigenvalue weighted by Crippen LogP contribution is 2.38. The maximum absolute atomic E-state index is 13.0. The van der Waals surface area contributed by atoms with Crippen LogP contribution in [0, 0.1) is 0 Å². The SMILES string of the molecule is O=C(C=C1CCCOc2cc(C(F)(F)F)ccc21)Nc1ccc2c(c1)C(=O)OC2. The summed E-state index contributed by atoms with van der Waals surface area (Å²) in [6.45, 7) is 0.476. The van der Waals surface area contributed by atoms with Gasteiger partial charge in [0.05, 0.1) is 17.7 Å². The number of carbonyl (C=O) groups excluding carboxylic acids is 2. The molecule has 2 aliphatic heterocycles. The second-order valence-corrected chi connectivity index (χ2v) is 6.77. The molecule has 0 spiro atoms. The number of hydrogen-bond donors (Lipinski definition) is 1. The van der Waals surface area contributed by atoms with E-state index in [2.05, 4.69) is 5.32 Å². The molecular weight excluding hydrogens is 387 g/mol. The summed E-state index contributed by atoms with van der Waals surface area (Å²) in [5.74, 6) is -0.777. The Morgan fingerprint density at radius 1 is 1.07 bits per heavy atom. The molecule has 0 aromatic heterocycles. The number of halogens is 3. The number of anilines is 1. The topological polar surface area (TPSA) is 64.6 Å². The van der Waals surface area contributed by atoms with E-state index in [1.165, 1.54) is 12.1 Å². The third-order valence-electron chi connectivity index (χ3n) is 4.76.